The maximum atomic E-state index is 10.9. The monoisotopic (exact) mass is 259 g/mol. The third-order valence-corrected chi connectivity index (χ3v) is 2.61. The zero-order valence-corrected chi connectivity index (χ0v) is 11.5. The van der Waals surface area contributed by atoms with E-state index in [4.69, 9.17) is 5.11 Å². The molecule has 2 aromatic rings. The van der Waals surface area contributed by atoms with Crippen LogP contribution in [0.2, 0.25) is 0 Å². The van der Waals surface area contributed by atoms with Crippen LogP contribution in [0.25, 0.3) is 10.8 Å². The molecule has 0 aliphatic rings. The van der Waals surface area contributed by atoms with Gasteiger partial charge in [-0.25, -0.2) is 0 Å². The molecule has 0 spiro atoms. The third kappa shape index (κ3) is 5.10. The van der Waals surface area contributed by atoms with E-state index in [9.17, 15) is 4.79 Å². The summed E-state index contributed by atoms with van der Waals surface area (Å²) in [5, 5.41) is 13.1. The molecule has 0 fully saturated rings. The lowest BCUT2D eigenvalue weighted by Gasteiger charge is -2.05. The van der Waals surface area contributed by atoms with Crippen LogP contribution in [0, 0.1) is 0 Å². The number of carbonyl (C=O) groups is 1. The highest BCUT2D eigenvalue weighted by molar-refractivity contribution is 6.01. The number of hydrogen-bond donors (Lipinski definition) is 2. The number of hydrogen-bond acceptors (Lipinski definition) is 2. The van der Waals surface area contributed by atoms with Crippen LogP contribution >= 0.6 is 0 Å². The van der Waals surface area contributed by atoms with Crippen LogP contribution in [0.3, 0.4) is 0 Å². The van der Waals surface area contributed by atoms with E-state index in [0.717, 1.165) is 29.3 Å². The molecule has 0 unspecified atom stereocenters. The van der Waals surface area contributed by atoms with Gasteiger partial charge in [0.2, 0.25) is 5.91 Å². The van der Waals surface area contributed by atoms with Crippen LogP contribution in [0.4, 0.5) is 5.69 Å². The third-order valence-electron chi connectivity index (χ3n) is 2.61. The lowest BCUT2D eigenvalue weighted by molar-refractivity contribution is -0.114. The second-order valence-electron chi connectivity index (χ2n) is 4.29. The minimum absolute atomic E-state index is 0.0404. The Morgan fingerprint density at radius 2 is 1.84 bits per heavy atom. The van der Waals surface area contributed by atoms with Crippen LogP contribution in [-0.2, 0) is 4.79 Å². The van der Waals surface area contributed by atoms with Crippen molar-refractivity contribution in [2.24, 2.45) is 0 Å². The largest absolute Gasteiger partial charge is 0.396 e. The predicted molar refractivity (Wildman–Crippen MR) is 80.2 cm³/mol. The molecular formula is C16H21NO2. The van der Waals surface area contributed by atoms with Crippen LogP contribution in [0.5, 0.6) is 0 Å². The molecule has 2 N–H and O–H groups in total. The van der Waals surface area contributed by atoms with E-state index in [-0.39, 0.29) is 5.91 Å². The highest BCUT2D eigenvalue weighted by Crippen LogP contribution is 2.22. The lowest BCUT2D eigenvalue weighted by atomic mass is 10.1. The molecule has 19 heavy (non-hydrogen) atoms. The summed E-state index contributed by atoms with van der Waals surface area (Å²) in [6.45, 7) is 3.91. The van der Waals surface area contributed by atoms with Crippen molar-refractivity contribution in [2.75, 3.05) is 11.9 Å². The van der Waals surface area contributed by atoms with E-state index in [1.807, 2.05) is 42.5 Å². The molecule has 102 valence electrons. The fraction of sp³-hybridized carbons (Fsp3) is 0.312. The molecule has 0 saturated carbocycles. The van der Waals surface area contributed by atoms with Crippen molar-refractivity contribution in [1.29, 1.82) is 0 Å². The number of aliphatic hydroxyl groups excluding tert-OH is 1. The minimum Gasteiger partial charge on any atom is -0.396 e. The van der Waals surface area contributed by atoms with E-state index < -0.39 is 0 Å². The van der Waals surface area contributed by atoms with Gasteiger partial charge in [-0.1, -0.05) is 49.7 Å². The van der Waals surface area contributed by atoms with Gasteiger partial charge in [0.05, 0.1) is 0 Å². The summed E-state index contributed by atoms with van der Waals surface area (Å²) in [4.78, 5) is 10.9. The number of fused-ring (bicyclic) bond motifs is 1. The number of nitrogens with one attached hydrogen (secondary N) is 1. The van der Waals surface area contributed by atoms with E-state index in [1.54, 1.807) is 0 Å². The first-order valence-electron chi connectivity index (χ1n) is 6.55. The number of benzene rings is 2. The summed E-state index contributed by atoms with van der Waals surface area (Å²) >= 11 is 0. The first-order chi connectivity index (χ1) is 9.19. The number of carbonyl (C=O) groups excluding carboxylic acids is 1. The zero-order valence-electron chi connectivity index (χ0n) is 11.5. The van der Waals surface area contributed by atoms with Gasteiger partial charge in [0.1, 0.15) is 0 Å². The van der Waals surface area contributed by atoms with Crippen LogP contribution in [0.15, 0.2) is 42.5 Å². The minimum atomic E-state index is -0.0404. The summed E-state index contributed by atoms with van der Waals surface area (Å²) in [6, 6.07) is 13.9. The number of aliphatic hydroxyl groups is 1. The quantitative estimate of drug-likeness (QED) is 0.885. The summed E-state index contributed by atoms with van der Waals surface area (Å²) < 4.78 is 0. The van der Waals surface area contributed by atoms with Gasteiger partial charge in [-0.05, 0) is 17.9 Å². The Labute approximate surface area is 114 Å². The average molecular weight is 259 g/mol. The fourth-order valence-corrected chi connectivity index (χ4v) is 1.68. The Morgan fingerprint density at radius 3 is 2.42 bits per heavy atom. The van der Waals surface area contributed by atoms with Crippen molar-refractivity contribution in [2.45, 2.75) is 26.7 Å². The summed E-state index contributed by atoms with van der Waals surface area (Å²) in [7, 11) is 0. The van der Waals surface area contributed by atoms with Crippen molar-refractivity contribution in [3.8, 4) is 0 Å². The molecule has 2 aromatic carbocycles. The van der Waals surface area contributed by atoms with E-state index in [2.05, 4.69) is 12.2 Å². The first kappa shape index (κ1) is 15.2. The maximum absolute atomic E-state index is 10.9. The first-order valence-corrected chi connectivity index (χ1v) is 6.55. The Balaban J connectivity index is 0.000000312. The van der Waals surface area contributed by atoms with Crippen LogP contribution in [0.1, 0.15) is 26.7 Å². The SMILES string of the molecule is CC(=O)Nc1cccc2ccccc12.CCCCO. The Hall–Kier alpha value is -1.87. The smallest absolute Gasteiger partial charge is 0.221 e. The van der Waals surface area contributed by atoms with Gasteiger partial charge in [0.25, 0.3) is 0 Å². The number of anilines is 1. The van der Waals surface area contributed by atoms with Gasteiger partial charge >= 0.3 is 0 Å². The summed E-state index contributed by atoms with van der Waals surface area (Å²) in [6.07, 6.45) is 2.04. The Morgan fingerprint density at radius 1 is 1.16 bits per heavy atom. The highest BCUT2D eigenvalue weighted by Gasteiger charge is 2.00. The number of unbranched alkanes of at least 4 members (excludes halogenated alkanes) is 1. The molecule has 0 saturated heterocycles. The van der Waals surface area contributed by atoms with Crippen LogP contribution in [-0.4, -0.2) is 17.6 Å². The fourth-order valence-electron chi connectivity index (χ4n) is 1.68. The Kier molecular flexibility index (Phi) is 6.61. The second-order valence-corrected chi connectivity index (χ2v) is 4.29. The lowest BCUT2D eigenvalue weighted by Crippen LogP contribution is -2.05. The van der Waals surface area contributed by atoms with Gasteiger partial charge < -0.3 is 10.4 Å². The Bertz CT molecular complexity index is 516. The average Bonchev–Trinajstić information content (AvgIpc) is 2.40. The van der Waals surface area contributed by atoms with Crippen LogP contribution < -0.4 is 5.32 Å². The molecule has 0 aromatic heterocycles. The zero-order chi connectivity index (χ0) is 14.1. The van der Waals surface area contributed by atoms with Crippen molar-refractivity contribution in [1.82, 2.24) is 0 Å². The molecule has 3 heteroatoms. The van der Waals surface area contributed by atoms with E-state index in [1.165, 1.54) is 6.92 Å². The predicted octanol–water partition coefficient (Wildman–Crippen LogP) is 3.58. The molecule has 0 atom stereocenters. The second kappa shape index (κ2) is 8.27. The normalized spacial score (nSPS) is 9.63. The molecule has 0 radical (unpaired) electrons. The standard InChI is InChI=1S/C12H11NO.C4H10O/c1-9(14)13-12-8-4-6-10-5-2-3-7-11(10)12;1-2-3-4-5/h2-8H,1H3,(H,13,14);5H,2-4H2,1H3. The molecule has 0 bridgehead atoms. The van der Waals surface area contributed by atoms with Gasteiger partial charge in [-0.2, -0.15) is 0 Å². The van der Waals surface area contributed by atoms with Crippen molar-refractivity contribution >= 4 is 22.4 Å². The highest BCUT2D eigenvalue weighted by atomic mass is 16.2. The van der Waals surface area contributed by atoms with E-state index >= 15 is 0 Å². The number of amides is 1. The summed E-state index contributed by atoms with van der Waals surface area (Å²) in [5.74, 6) is -0.0404. The van der Waals surface area contributed by atoms with Gasteiger partial charge in [0, 0.05) is 24.6 Å². The maximum Gasteiger partial charge on any atom is 0.221 e. The van der Waals surface area contributed by atoms with Crippen molar-refractivity contribution in [3.63, 3.8) is 0 Å². The van der Waals surface area contributed by atoms with Gasteiger partial charge in [0.15, 0.2) is 0 Å². The van der Waals surface area contributed by atoms with E-state index in [0.29, 0.717) is 6.61 Å². The molecule has 0 aliphatic heterocycles. The topological polar surface area (TPSA) is 49.3 Å². The number of rotatable bonds is 3. The summed E-state index contributed by atoms with van der Waals surface area (Å²) in [5.41, 5.74) is 0.871. The van der Waals surface area contributed by atoms with Crippen molar-refractivity contribution in [3.05, 3.63) is 42.5 Å². The molecular weight excluding hydrogens is 238 g/mol. The molecule has 0 heterocycles. The molecule has 3 nitrogen and oxygen atoms in total. The molecule has 1 amide bonds. The van der Waals surface area contributed by atoms with Gasteiger partial charge in [-0.3, -0.25) is 4.79 Å². The van der Waals surface area contributed by atoms with Gasteiger partial charge in [-0.15, -0.1) is 0 Å². The molecule has 2 rings (SSSR count). The molecule has 0 aliphatic carbocycles. The van der Waals surface area contributed by atoms with Crippen molar-refractivity contribution < 1.29 is 9.90 Å².